The third-order valence-electron chi connectivity index (χ3n) is 5.36. The van der Waals surface area contributed by atoms with Gasteiger partial charge in [-0.05, 0) is 30.9 Å². The molecule has 0 radical (unpaired) electrons. The van der Waals surface area contributed by atoms with Crippen molar-refractivity contribution in [3.05, 3.63) is 71.8 Å². The number of ether oxygens (including phenoxy) is 1. The molecule has 0 saturated carbocycles. The van der Waals surface area contributed by atoms with E-state index in [1.165, 1.54) is 0 Å². The maximum atomic E-state index is 13.1. The van der Waals surface area contributed by atoms with Crippen molar-refractivity contribution in [1.82, 2.24) is 10.2 Å². The number of nitrogens with zero attached hydrogens (tertiary/aromatic N) is 1. The second-order valence-corrected chi connectivity index (χ2v) is 7.56. The molecule has 1 saturated heterocycles. The van der Waals surface area contributed by atoms with Crippen molar-refractivity contribution in [2.75, 3.05) is 6.61 Å². The summed E-state index contributed by atoms with van der Waals surface area (Å²) in [5.41, 5.74) is 1.79. The van der Waals surface area contributed by atoms with E-state index < -0.39 is 24.2 Å². The van der Waals surface area contributed by atoms with Gasteiger partial charge >= 0.3 is 5.97 Å². The first-order valence-electron chi connectivity index (χ1n) is 10.5. The Labute approximate surface area is 182 Å². The minimum absolute atomic E-state index is 0.0884. The predicted octanol–water partition coefficient (Wildman–Crippen LogP) is 1.83. The van der Waals surface area contributed by atoms with Crippen LogP contribution in [0.15, 0.2) is 60.7 Å². The lowest BCUT2D eigenvalue weighted by atomic mass is 10.0. The van der Waals surface area contributed by atoms with Gasteiger partial charge in [0.1, 0.15) is 6.04 Å². The number of amides is 2. The van der Waals surface area contributed by atoms with Gasteiger partial charge in [-0.15, -0.1) is 0 Å². The molecule has 0 aliphatic carbocycles. The number of carbonyl (C=O) groups is 3. The van der Waals surface area contributed by atoms with Gasteiger partial charge in [0.25, 0.3) is 0 Å². The third-order valence-corrected chi connectivity index (χ3v) is 5.36. The molecular weight excluding hydrogens is 396 g/mol. The Morgan fingerprint density at radius 2 is 1.71 bits per heavy atom. The highest BCUT2D eigenvalue weighted by atomic mass is 16.5. The van der Waals surface area contributed by atoms with Crippen LogP contribution in [0, 0.1) is 0 Å². The standard InChI is InChI=1S/C24H28N2O5/c1-2-31-24(30)22(28)19(15-17-9-5-3-6-10-17)25-23(29)20-13-14-21(27)26(20)16-18-11-7-4-8-12-18/h3-12,19-20,22,28H,2,13-16H2,1H3,(H,25,29)/t19?,20-,22?/m1/s1. The maximum Gasteiger partial charge on any atom is 0.337 e. The van der Waals surface area contributed by atoms with Crippen LogP contribution in [0.3, 0.4) is 0 Å². The number of hydrogen-bond donors (Lipinski definition) is 2. The fourth-order valence-electron chi connectivity index (χ4n) is 3.77. The van der Waals surface area contributed by atoms with Crippen molar-refractivity contribution in [1.29, 1.82) is 0 Å². The molecule has 3 atom stereocenters. The summed E-state index contributed by atoms with van der Waals surface area (Å²) in [6, 6.07) is 17.2. The quantitative estimate of drug-likeness (QED) is 0.599. The topological polar surface area (TPSA) is 95.9 Å². The van der Waals surface area contributed by atoms with Crippen LogP contribution in [0.5, 0.6) is 0 Å². The average molecular weight is 424 g/mol. The zero-order chi connectivity index (χ0) is 22.2. The number of nitrogens with one attached hydrogen (secondary N) is 1. The van der Waals surface area contributed by atoms with Crippen molar-refractivity contribution in [2.24, 2.45) is 0 Å². The van der Waals surface area contributed by atoms with Gasteiger partial charge in [-0.3, -0.25) is 9.59 Å². The number of rotatable bonds is 9. The Kier molecular flexibility index (Phi) is 7.78. The molecule has 3 rings (SSSR count). The summed E-state index contributed by atoms with van der Waals surface area (Å²) >= 11 is 0. The van der Waals surface area contributed by atoms with E-state index in [4.69, 9.17) is 4.74 Å². The molecule has 2 unspecified atom stereocenters. The number of benzene rings is 2. The number of esters is 1. The van der Waals surface area contributed by atoms with Gasteiger partial charge in [-0.25, -0.2) is 4.79 Å². The highest BCUT2D eigenvalue weighted by Gasteiger charge is 2.38. The highest BCUT2D eigenvalue weighted by molar-refractivity contribution is 5.91. The molecule has 164 valence electrons. The summed E-state index contributed by atoms with van der Waals surface area (Å²) in [5.74, 6) is -1.26. The molecule has 7 heteroatoms. The molecule has 1 aliphatic heterocycles. The normalized spacial score (nSPS) is 17.8. The molecule has 2 aromatic rings. The molecule has 1 fully saturated rings. The Balaban J connectivity index is 1.74. The van der Waals surface area contributed by atoms with Crippen LogP contribution in [0.25, 0.3) is 0 Å². The lowest BCUT2D eigenvalue weighted by molar-refractivity contribution is -0.155. The van der Waals surface area contributed by atoms with E-state index in [0.717, 1.165) is 11.1 Å². The fraction of sp³-hybridized carbons (Fsp3) is 0.375. The van der Waals surface area contributed by atoms with Crippen LogP contribution in [-0.4, -0.2) is 52.6 Å². The zero-order valence-corrected chi connectivity index (χ0v) is 17.6. The van der Waals surface area contributed by atoms with E-state index in [9.17, 15) is 19.5 Å². The second kappa shape index (κ2) is 10.7. The van der Waals surface area contributed by atoms with E-state index in [1.54, 1.807) is 11.8 Å². The predicted molar refractivity (Wildman–Crippen MR) is 115 cm³/mol. The molecule has 7 nitrogen and oxygen atoms in total. The second-order valence-electron chi connectivity index (χ2n) is 7.56. The van der Waals surface area contributed by atoms with Crippen LogP contribution < -0.4 is 5.32 Å². The zero-order valence-electron chi connectivity index (χ0n) is 17.6. The van der Waals surface area contributed by atoms with Gasteiger partial charge in [0.15, 0.2) is 6.10 Å². The number of aliphatic hydroxyl groups excluding tert-OH is 1. The Bertz CT molecular complexity index is 887. The van der Waals surface area contributed by atoms with E-state index in [2.05, 4.69) is 5.32 Å². The molecule has 1 aliphatic rings. The monoisotopic (exact) mass is 424 g/mol. The largest absolute Gasteiger partial charge is 0.464 e. The highest BCUT2D eigenvalue weighted by Crippen LogP contribution is 2.22. The third kappa shape index (κ3) is 5.92. The first-order valence-corrected chi connectivity index (χ1v) is 10.5. The van der Waals surface area contributed by atoms with Gasteiger partial charge in [-0.2, -0.15) is 0 Å². The van der Waals surface area contributed by atoms with Gasteiger partial charge in [-0.1, -0.05) is 60.7 Å². The molecule has 31 heavy (non-hydrogen) atoms. The summed E-state index contributed by atoms with van der Waals surface area (Å²) in [6.45, 7) is 2.12. The minimum atomic E-state index is -1.51. The van der Waals surface area contributed by atoms with Gasteiger partial charge in [0, 0.05) is 13.0 Å². The fourth-order valence-corrected chi connectivity index (χ4v) is 3.77. The number of likely N-dealkylation sites (tertiary alicyclic amines) is 1. The molecule has 2 amide bonds. The van der Waals surface area contributed by atoms with Crippen LogP contribution >= 0.6 is 0 Å². The van der Waals surface area contributed by atoms with Crippen LogP contribution in [0.4, 0.5) is 0 Å². The summed E-state index contributed by atoms with van der Waals surface area (Å²) < 4.78 is 4.94. The summed E-state index contributed by atoms with van der Waals surface area (Å²) in [4.78, 5) is 39.2. The van der Waals surface area contributed by atoms with Crippen LogP contribution in [0.2, 0.25) is 0 Å². The lowest BCUT2D eigenvalue weighted by Crippen LogP contribution is -2.53. The van der Waals surface area contributed by atoms with Gasteiger partial charge in [0.05, 0.1) is 12.6 Å². The van der Waals surface area contributed by atoms with E-state index in [0.29, 0.717) is 13.0 Å². The molecule has 0 spiro atoms. The van der Waals surface area contributed by atoms with Crippen LogP contribution in [-0.2, 0) is 32.1 Å². The van der Waals surface area contributed by atoms with Crippen molar-refractivity contribution in [2.45, 2.75) is 50.9 Å². The molecule has 1 heterocycles. The molecule has 2 aromatic carbocycles. The van der Waals surface area contributed by atoms with Crippen molar-refractivity contribution in [3.8, 4) is 0 Å². The Hall–Kier alpha value is -3.19. The van der Waals surface area contributed by atoms with Crippen molar-refractivity contribution < 1.29 is 24.2 Å². The number of carbonyl (C=O) groups excluding carboxylic acids is 3. The summed E-state index contributed by atoms with van der Waals surface area (Å²) in [6.07, 6.45) is -0.574. The first-order chi connectivity index (χ1) is 15.0. The number of aliphatic hydroxyl groups is 1. The first kappa shape index (κ1) is 22.5. The molecule has 0 bridgehead atoms. The number of hydrogen-bond acceptors (Lipinski definition) is 5. The minimum Gasteiger partial charge on any atom is -0.464 e. The summed E-state index contributed by atoms with van der Waals surface area (Å²) in [5, 5.41) is 13.3. The SMILES string of the molecule is CCOC(=O)C(O)C(Cc1ccccc1)NC(=O)[C@H]1CCC(=O)N1Cc1ccccc1. The smallest absolute Gasteiger partial charge is 0.337 e. The molecular formula is C24H28N2O5. The van der Waals surface area contributed by atoms with E-state index in [1.807, 2.05) is 60.7 Å². The van der Waals surface area contributed by atoms with Gasteiger partial charge in [0.2, 0.25) is 11.8 Å². The molecule has 0 aromatic heterocycles. The van der Waals surface area contributed by atoms with E-state index >= 15 is 0 Å². The molecule has 2 N–H and O–H groups in total. The summed E-state index contributed by atoms with van der Waals surface area (Å²) in [7, 11) is 0. The van der Waals surface area contributed by atoms with Crippen LogP contribution in [0.1, 0.15) is 30.9 Å². The average Bonchev–Trinajstić information content (AvgIpc) is 3.14. The van der Waals surface area contributed by atoms with Gasteiger partial charge < -0.3 is 20.1 Å². The Morgan fingerprint density at radius 1 is 1.10 bits per heavy atom. The van der Waals surface area contributed by atoms with Crippen molar-refractivity contribution in [3.63, 3.8) is 0 Å². The van der Waals surface area contributed by atoms with E-state index in [-0.39, 0.29) is 31.3 Å². The lowest BCUT2D eigenvalue weighted by Gasteiger charge is -2.28. The maximum absolute atomic E-state index is 13.1. The van der Waals surface area contributed by atoms with Crippen molar-refractivity contribution >= 4 is 17.8 Å². The Morgan fingerprint density at radius 3 is 2.32 bits per heavy atom.